The highest BCUT2D eigenvalue weighted by Gasteiger charge is 2.24. The molecule has 1 aliphatic heterocycles. The van der Waals surface area contributed by atoms with Gasteiger partial charge in [0.1, 0.15) is 5.75 Å². The number of unbranched alkanes of at least 4 members (excludes halogenated alkanes) is 1. The Labute approximate surface area is 174 Å². The Hall–Kier alpha value is -2.93. The van der Waals surface area contributed by atoms with Crippen LogP contribution < -0.4 is 24.8 Å². The molecule has 0 spiro atoms. The Kier molecular flexibility index (Phi) is 6.49. The molecule has 0 aromatic heterocycles. The molecule has 0 saturated carbocycles. The lowest BCUT2D eigenvalue weighted by atomic mass is 10.1. The van der Waals surface area contributed by atoms with Gasteiger partial charge in [-0.1, -0.05) is 24.9 Å². The number of benzene rings is 2. The average molecular weight is 419 g/mol. The van der Waals surface area contributed by atoms with E-state index in [0.29, 0.717) is 45.8 Å². The number of ether oxygens (including phenoxy) is 3. The molecule has 0 fully saturated rings. The molecule has 1 heterocycles. The molecular weight excluding hydrogens is 396 g/mol. The van der Waals surface area contributed by atoms with Gasteiger partial charge < -0.3 is 24.8 Å². The van der Waals surface area contributed by atoms with E-state index < -0.39 is 6.10 Å². The Morgan fingerprint density at radius 2 is 2.10 bits per heavy atom. The van der Waals surface area contributed by atoms with Crippen LogP contribution in [0.2, 0.25) is 5.02 Å². The van der Waals surface area contributed by atoms with Gasteiger partial charge in [0.05, 0.1) is 24.4 Å². The van der Waals surface area contributed by atoms with Crippen molar-refractivity contribution in [1.29, 1.82) is 0 Å². The first-order valence-electron chi connectivity index (χ1n) is 9.36. The molecule has 2 N–H and O–H groups in total. The van der Waals surface area contributed by atoms with Crippen LogP contribution in [0.5, 0.6) is 17.2 Å². The molecule has 3 rings (SSSR count). The maximum absolute atomic E-state index is 12.7. The molecular formula is C21H23ClN2O5. The van der Waals surface area contributed by atoms with Crippen LogP contribution in [0.3, 0.4) is 0 Å². The predicted molar refractivity (Wildman–Crippen MR) is 112 cm³/mol. The van der Waals surface area contributed by atoms with E-state index >= 15 is 0 Å². The average Bonchev–Trinajstić information content (AvgIpc) is 2.70. The van der Waals surface area contributed by atoms with Crippen molar-refractivity contribution >= 4 is 34.8 Å². The molecule has 0 aliphatic carbocycles. The first kappa shape index (κ1) is 20.8. The van der Waals surface area contributed by atoms with Gasteiger partial charge in [0.25, 0.3) is 11.8 Å². The summed E-state index contributed by atoms with van der Waals surface area (Å²) >= 11 is 6.31. The van der Waals surface area contributed by atoms with E-state index in [4.69, 9.17) is 25.8 Å². The van der Waals surface area contributed by atoms with Crippen molar-refractivity contribution in [2.75, 3.05) is 24.4 Å². The normalized spacial score (nSPS) is 15.0. The Bertz CT molecular complexity index is 932. The first-order valence-corrected chi connectivity index (χ1v) is 9.74. The van der Waals surface area contributed by atoms with Crippen molar-refractivity contribution in [3.05, 3.63) is 40.9 Å². The van der Waals surface area contributed by atoms with Gasteiger partial charge in [-0.3, -0.25) is 9.59 Å². The minimum absolute atomic E-state index is 0.240. The van der Waals surface area contributed by atoms with Crippen molar-refractivity contribution in [2.45, 2.75) is 32.8 Å². The molecule has 2 aromatic rings. The second kappa shape index (κ2) is 9.05. The maximum atomic E-state index is 12.7. The molecule has 1 atom stereocenters. The number of fused-ring (bicyclic) bond motifs is 1. The highest BCUT2D eigenvalue weighted by atomic mass is 35.5. The summed E-state index contributed by atoms with van der Waals surface area (Å²) in [6.07, 6.45) is 1.32. The zero-order valence-electron chi connectivity index (χ0n) is 16.5. The smallest absolute Gasteiger partial charge is 0.265 e. The Morgan fingerprint density at radius 1 is 1.31 bits per heavy atom. The zero-order chi connectivity index (χ0) is 21.0. The monoisotopic (exact) mass is 418 g/mol. The van der Waals surface area contributed by atoms with Gasteiger partial charge in [0.2, 0.25) is 0 Å². The third-order valence-corrected chi connectivity index (χ3v) is 4.68. The first-order chi connectivity index (χ1) is 13.9. The number of carbonyl (C=O) groups is 2. The lowest BCUT2D eigenvalue weighted by molar-refractivity contribution is -0.122. The molecule has 0 unspecified atom stereocenters. The SMILES string of the molecule is CCCCOc1c(Cl)cc(C(=O)Nc2ccc3c(c2)NC(=O)[C@H](C)O3)cc1OC. The number of hydrogen-bond acceptors (Lipinski definition) is 5. The number of carbonyl (C=O) groups excluding carboxylic acids is 2. The fourth-order valence-corrected chi connectivity index (χ4v) is 3.06. The van der Waals surface area contributed by atoms with Gasteiger partial charge in [-0.05, 0) is 43.7 Å². The topological polar surface area (TPSA) is 85.9 Å². The van der Waals surface area contributed by atoms with E-state index in [2.05, 4.69) is 17.6 Å². The van der Waals surface area contributed by atoms with Gasteiger partial charge in [0.15, 0.2) is 17.6 Å². The molecule has 2 aromatic carbocycles. The van der Waals surface area contributed by atoms with E-state index in [1.165, 1.54) is 13.2 Å². The molecule has 29 heavy (non-hydrogen) atoms. The third kappa shape index (κ3) is 4.74. The van der Waals surface area contributed by atoms with Crippen molar-refractivity contribution in [2.24, 2.45) is 0 Å². The van der Waals surface area contributed by atoms with Crippen LogP contribution >= 0.6 is 11.6 Å². The Morgan fingerprint density at radius 3 is 2.83 bits per heavy atom. The van der Waals surface area contributed by atoms with Crippen molar-refractivity contribution in [3.63, 3.8) is 0 Å². The molecule has 2 amide bonds. The number of hydrogen-bond donors (Lipinski definition) is 2. The van der Waals surface area contributed by atoms with Crippen molar-refractivity contribution in [3.8, 4) is 17.2 Å². The largest absolute Gasteiger partial charge is 0.493 e. The minimum atomic E-state index is -0.560. The van der Waals surface area contributed by atoms with E-state index in [9.17, 15) is 9.59 Å². The minimum Gasteiger partial charge on any atom is -0.493 e. The summed E-state index contributed by atoms with van der Waals surface area (Å²) in [7, 11) is 1.49. The van der Waals surface area contributed by atoms with Crippen LogP contribution in [0, 0.1) is 0 Å². The Balaban J connectivity index is 1.78. The van der Waals surface area contributed by atoms with Crippen LogP contribution in [0.1, 0.15) is 37.0 Å². The van der Waals surface area contributed by atoms with Gasteiger partial charge in [-0.25, -0.2) is 0 Å². The zero-order valence-corrected chi connectivity index (χ0v) is 17.3. The molecule has 0 saturated heterocycles. The van der Waals surface area contributed by atoms with E-state index in [0.717, 1.165) is 12.8 Å². The summed E-state index contributed by atoms with van der Waals surface area (Å²) in [4.78, 5) is 24.5. The summed E-state index contributed by atoms with van der Waals surface area (Å²) in [6, 6.07) is 8.14. The number of halogens is 1. The molecule has 1 aliphatic rings. The van der Waals surface area contributed by atoms with Crippen LogP contribution in [-0.2, 0) is 4.79 Å². The van der Waals surface area contributed by atoms with Gasteiger partial charge in [-0.15, -0.1) is 0 Å². The second-order valence-electron chi connectivity index (χ2n) is 6.61. The van der Waals surface area contributed by atoms with E-state index in [1.54, 1.807) is 31.2 Å². The fraction of sp³-hybridized carbons (Fsp3) is 0.333. The molecule has 0 bridgehead atoms. The van der Waals surface area contributed by atoms with Gasteiger partial charge >= 0.3 is 0 Å². The van der Waals surface area contributed by atoms with Crippen LogP contribution in [0.15, 0.2) is 30.3 Å². The number of anilines is 2. The van der Waals surface area contributed by atoms with Gasteiger partial charge in [0, 0.05) is 11.3 Å². The molecule has 7 nitrogen and oxygen atoms in total. The lowest BCUT2D eigenvalue weighted by Gasteiger charge is -2.23. The second-order valence-corrected chi connectivity index (χ2v) is 7.01. The summed E-state index contributed by atoms with van der Waals surface area (Å²) in [5.74, 6) is 0.743. The number of rotatable bonds is 7. The number of amides is 2. The number of methoxy groups -OCH3 is 1. The van der Waals surface area contributed by atoms with Crippen LogP contribution in [-0.4, -0.2) is 31.6 Å². The highest BCUT2D eigenvalue weighted by molar-refractivity contribution is 6.32. The summed E-state index contributed by atoms with van der Waals surface area (Å²) in [5.41, 5.74) is 1.33. The van der Waals surface area contributed by atoms with Gasteiger partial charge in [-0.2, -0.15) is 0 Å². The summed E-state index contributed by atoms with van der Waals surface area (Å²) < 4.78 is 16.5. The maximum Gasteiger partial charge on any atom is 0.265 e. The van der Waals surface area contributed by atoms with E-state index in [1.807, 2.05) is 0 Å². The van der Waals surface area contributed by atoms with E-state index in [-0.39, 0.29) is 11.8 Å². The van der Waals surface area contributed by atoms with Crippen LogP contribution in [0.25, 0.3) is 0 Å². The molecule has 0 radical (unpaired) electrons. The summed E-state index contributed by atoms with van der Waals surface area (Å²) in [6.45, 7) is 4.24. The third-order valence-electron chi connectivity index (χ3n) is 4.40. The van der Waals surface area contributed by atoms with Crippen molar-refractivity contribution < 1.29 is 23.8 Å². The molecule has 154 valence electrons. The fourth-order valence-electron chi connectivity index (χ4n) is 2.80. The van der Waals surface area contributed by atoms with Crippen molar-refractivity contribution in [1.82, 2.24) is 0 Å². The standard InChI is InChI=1S/C21H23ClN2O5/c1-4-5-8-28-19-15(22)9-13(10-18(19)27-3)21(26)23-14-6-7-17-16(11-14)24-20(25)12(2)29-17/h6-7,9-12H,4-5,8H2,1-3H3,(H,23,26)(H,24,25)/t12-/m0/s1. The highest BCUT2D eigenvalue weighted by Crippen LogP contribution is 2.37. The van der Waals surface area contributed by atoms with Crippen LogP contribution in [0.4, 0.5) is 11.4 Å². The quantitative estimate of drug-likeness (QED) is 0.646. The lowest BCUT2D eigenvalue weighted by Crippen LogP contribution is -2.34. The molecule has 8 heteroatoms. The predicted octanol–water partition coefficient (Wildman–Crippen LogP) is 4.50. The summed E-state index contributed by atoms with van der Waals surface area (Å²) in [5, 5.41) is 5.83. The number of nitrogens with one attached hydrogen (secondary N) is 2.